The molecule has 0 bridgehead atoms. The average Bonchev–Trinajstić information content (AvgIpc) is 0.854. The van der Waals surface area contributed by atoms with E-state index in [9.17, 15) is 29.1 Å². The number of esters is 5. The quantitative estimate of drug-likeness (QED) is 0.0261. The number of aliphatic hydroxyl groups is 1. The van der Waals surface area contributed by atoms with Crippen LogP contribution in [0.25, 0.3) is 0 Å². The molecule has 0 aromatic heterocycles. The third-order valence-electron chi connectivity index (χ3n) is 22.9. The molecule has 0 fully saturated rings. The van der Waals surface area contributed by atoms with E-state index in [0.717, 1.165) is 218 Å². The average molecular weight is 1720 g/mol. The summed E-state index contributed by atoms with van der Waals surface area (Å²) in [7, 11) is 0. The number of rotatable bonds is 100. The highest BCUT2D eigenvalue weighted by Crippen LogP contribution is 2.21. The van der Waals surface area contributed by atoms with Gasteiger partial charge in [0, 0.05) is 32.1 Å². The molecule has 0 aliphatic rings. The smallest absolute Gasteiger partial charge is 0.305 e. The van der Waals surface area contributed by atoms with Crippen molar-refractivity contribution >= 4 is 29.8 Å². The maximum Gasteiger partial charge on any atom is 0.305 e. The SMILES string of the molecule is CCCCCCCC/C=C\CCCCCCCC(=O)OCCOC[C@H](OCCOC(=O)CCCCCCC/C=C\CCCCCCCC)[C@@H](OCCOC(=O)CCCCCCC/C=C\CCCCCCCC)[C@H](O)[C@@H](COCCOC(=O)CCCCCCC/C=C\CCCCCCCC)OCCOC(=O)CCCCCCC/C=C\CCCCCCCC. The zero-order valence-electron chi connectivity index (χ0n) is 80.1. The lowest BCUT2D eigenvalue weighted by atomic mass is 10.0. The number of ether oxygens (including phenoxy) is 10. The molecule has 0 aromatic carbocycles. The molecule has 4 atom stereocenters. The second kappa shape index (κ2) is 101. The Kier molecular flexibility index (Phi) is 97.1. The molecule has 0 saturated carbocycles. The molecule has 0 radical (unpaired) electrons. The van der Waals surface area contributed by atoms with E-state index in [1.807, 2.05) is 0 Å². The van der Waals surface area contributed by atoms with Gasteiger partial charge in [0.2, 0.25) is 0 Å². The molecule has 0 amide bonds. The fraction of sp³-hybridized carbons (Fsp3) is 0.858. The monoisotopic (exact) mass is 1720 g/mol. The van der Waals surface area contributed by atoms with Gasteiger partial charge in [-0.05, 0) is 161 Å². The minimum absolute atomic E-state index is 0.00912. The first-order chi connectivity index (χ1) is 60.1. The Morgan fingerprint density at radius 2 is 0.377 bits per heavy atom. The first kappa shape index (κ1) is 118. The van der Waals surface area contributed by atoms with Gasteiger partial charge in [-0.1, -0.05) is 352 Å². The predicted molar refractivity (Wildman–Crippen MR) is 509 cm³/mol. The van der Waals surface area contributed by atoms with Crippen molar-refractivity contribution < 1.29 is 76.4 Å². The number of carbonyl (C=O) groups excluding carboxylic acids is 5. The highest BCUT2D eigenvalue weighted by molar-refractivity contribution is 5.70. The molecule has 16 heteroatoms. The Labute approximate surface area is 750 Å². The summed E-state index contributed by atoms with van der Waals surface area (Å²) in [6.45, 7) is 10.4. The normalized spacial score (nSPS) is 12.9. The van der Waals surface area contributed by atoms with E-state index in [4.69, 9.17) is 47.4 Å². The van der Waals surface area contributed by atoms with Crippen LogP contribution in [0.15, 0.2) is 60.8 Å². The van der Waals surface area contributed by atoms with E-state index < -0.39 is 24.4 Å². The van der Waals surface area contributed by atoms with E-state index in [1.54, 1.807) is 0 Å². The molecular formula is C106H194O16. The van der Waals surface area contributed by atoms with Crippen molar-refractivity contribution in [1.29, 1.82) is 0 Å². The molecule has 714 valence electrons. The van der Waals surface area contributed by atoms with Crippen molar-refractivity contribution in [2.45, 2.75) is 508 Å². The van der Waals surface area contributed by atoms with Gasteiger partial charge < -0.3 is 52.5 Å². The Balaban J connectivity index is 6.45. The van der Waals surface area contributed by atoms with Gasteiger partial charge in [0.15, 0.2) is 0 Å². The van der Waals surface area contributed by atoms with Gasteiger partial charge in [-0.3, -0.25) is 24.0 Å². The number of allylic oxidation sites excluding steroid dienone is 10. The number of unbranched alkanes of at least 4 members (excludes halogenated alkanes) is 55. The van der Waals surface area contributed by atoms with Crippen LogP contribution >= 0.6 is 0 Å². The van der Waals surface area contributed by atoms with Gasteiger partial charge in [-0.2, -0.15) is 0 Å². The van der Waals surface area contributed by atoms with E-state index in [-0.39, 0.29) is 128 Å². The summed E-state index contributed by atoms with van der Waals surface area (Å²) in [5.41, 5.74) is 0. The van der Waals surface area contributed by atoms with E-state index >= 15 is 0 Å². The van der Waals surface area contributed by atoms with Crippen LogP contribution in [-0.4, -0.2) is 139 Å². The third-order valence-corrected chi connectivity index (χ3v) is 22.9. The fourth-order valence-corrected chi connectivity index (χ4v) is 15.1. The van der Waals surface area contributed by atoms with Crippen LogP contribution < -0.4 is 0 Å². The maximum absolute atomic E-state index is 13.2. The Morgan fingerprint density at radius 3 is 0.598 bits per heavy atom. The zero-order valence-corrected chi connectivity index (χ0v) is 80.1. The Morgan fingerprint density at radius 1 is 0.205 bits per heavy atom. The lowest BCUT2D eigenvalue weighted by Gasteiger charge is -2.34. The third kappa shape index (κ3) is 90.6. The summed E-state index contributed by atoms with van der Waals surface area (Å²) >= 11 is 0. The van der Waals surface area contributed by atoms with Crippen LogP contribution in [0.5, 0.6) is 0 Å². The number of hydrogen-bond acceptors (Lipinski definition) is 16. The Hall–Kier alpha value is -4.19. The highest BCUT2D eigenvalue weighted by atomic mass is 16.6. The summed E-state index contributed by atoms with van der Waals surface area (Å²) in [6, 6.07) is 0. The van der Waals surface area contributed by atoms with Crippen molar-refractivity contribution in [1.82, 2.24) is 0 Å². The summed E-state index contributed by atoms with van der Waals surface area (Å²) < 4.78 is 60.3. The van der Waals surface area contributed by atoms with Crippen molar-refractivity contribution in [3.63, 3.8) is 0 Å². The van der Waals surface area contributed by atoms with Crippen molar-refractivity contribution in [3.8, 4) is 0 Å². The van der Waals surface area contributed by atoms with E-state index in [2.05, 4.69) is 95.4 Å². The number of hydrogen-bond donors (Lipinski definition) is 1. The second-order valence-corrected chi connectivity index (χ2v) is 34.6. The molecule has 0 saturated heterocycles. The van der Waals surface area contributed by atoms with Gasteiger partial charge >= 0.3 is 29.8 Å². The number of carbonyl (C=O) groups is 5. The molecule has 0 rings (SSSR count). The highest BCUT2D eigenvalue weighted by Gasteiger charge is 2.37. The largest absolute Gasteiger partial charge is 0.463 e. The first-order valence-corrected chi connectivity index (χ1v) is 51.8. The fourth-order valence-electron chi connectivity index (χ4n) is 15.1. The van der Waals surface area contributed by atoms with E-state index in [1.165, 1.54) is 193 Å². The molecule has 0 spiro atoms. The van der Waals surface area contributed by atoms with E-state index in [0.29, 0.717) is 19.3 Å². The lowest BCUT2D eigenvalue weighted by Crippen LogP contribution is -2.52. The molecule has 122 heavy (non-hydrogen) atoms. The van der Waals surface area contributed by atoms with Crippen molar-refractivity contribution in [2.24, 2.45) is 0 Å². The molecule has 0 unspecified atom stereocenters. The minimum Gasteiger partial charge on any atom is -0.463 e. The standard InChI is InChI=1S/C106H194O16/c1-6-11-16-21-26-31-36-41-46-51-56-61-66-71-76-81-100(107)117-88-86-113-96-98(115-90-92-119-102(109)83-78-73-68-63-58-53-48-43-38-33-28-23-18-13-8-3)105(112)106(122-95-94-121-104(111)85-80-75-70-65-60-55-50-45-40-35-30-25-20-15-10-5)99(116-91-93-120-103(110)84-79-74-69-64-59-54-49-44-39-34-29-24-19-14-9-4)97-114-87-89-118-101(108)82-77-72-67-62-57-52-47-42-37-32-27-22-17-12-7-2/h41-50,98-99,105-106,112H,6-40,51-97H2,1-5H3/b46-41-,47-42-,48-43-,49-44-,50-45-/t98-,99+,105-,106-/m1/s1. The van der Waals surface area contributed by atoms with Gasteiger partial charge in [-0.25, -0.2) is 0 Å². The van der Waals surface area contributed by atoms with Crippen LogP contribution in [0.2, 0.25) is 0 Å². The second-order valence-electron chi connectivity index (χ2n) is 34.6. The lowest BCUT2D eigenvalue weighted by molar-refractivity contribution is -0.191. The molecular weight excluding hydrogens is 1530 g/mol. The Bertz CT molecular complexity index is 2350. The predicted octanol–water partition coefficient (Wildman–Crippen LogP) is 29.4. The molecule has 0 aromatic rings. The van der Waals surface area contributed by atoms with Gasteiger partial charge in [0.1, 0.15) is 57.5 Å². The van der Waals surface area contributed by atoms with Crippen LogP contribution in [0.1, 0.15) is 484 Å². The van der Waals surface area contributed by atoms with Crippen LogP contribution in [0, 0.1) is 0 Å². The van der Waals surface area contributed by atoms with Gasteiger partial charge in [0.05, 0.1) is 46.2 Å². The summed E-state index contributed by atoms with van der Waals surface area (Å²) in [5.74, 6) is -1.60. The van der Waals surface area contributed by atoms with Crippen molar-refractivity contribution in [2.75, 3.05) is 79.3 Å². The molecule has 16 nitrogen and oxygen atoms in total. The topological polar surface area (TPSA) is 198 Å². The summed E-state index contributed by atoms with van der Waals surface area (Å²) in [4.78, 5) is 65.6. The molecule has 1 N–H and O–H groups in total. The van der Waals surface area contributed by atoms with Gasteiger partial charge in [0.25, 0.3) is 0 Å². The van der Waals surface area contributed by atoms with Crippen molar-refractivity contribution in [3.05, 3.63) is 60.8 Å². The van der Waals surface area contributed by atoms with Crippen LogP contribution in [-0.2, 0) is 71.3 Å². The van der Waals surface area contributed by atoms with Crippen LogP contribution in [0.3, 0.4) is 0 Å². The van der Waals surface area contributed by atoms with Crippen LogP contribution in [0.4, 0.5) is 0 Å². The zero-order chi connectivity index (χ0) is 88.3. The number of aliphatic hydroxyl groups excluding tert-OH is 1. The molecule has 0 heterocycles. The molecule has 0 aliphatic heterocycles. The first-order valence-electron chi connectivity index (χ1n) is 51.8. The summed E-state index contributed by atoms with van der Waals surface area (Å²) in [5, 5.41) is 12.7. The molecule has 0 aliphatic carbocycles. The minimum atomic E-state index is -1.50. The maximum atomic E-state index is 13.2. The summed E-state index contributed by atoms with van der Waals surface area (Å²) in [6.07, 6.45) is 95.3. The van der Waals surface area contributed by atoms with Gasteiger partial charge in [-0.15, -0.1) is 0 Å².